The largest absolute Gasteiger partial charge is 0.593 e. The van der Waals surface area contributed by atoms with Crippen molar-refractivity contribution in [2.75, 3.05) is 0 Å². The van der Waals surface area contributed by atoms with Gasteiger partial charge in [-0.1, -0.05) is 23.0 Å². The first-order valence-electron chi connectivity index (χ1n) is 4.42. The Morgan fingerprint density at radius 2 is 2.00 bits per heavy atom. The third kappa shape index (κ3) is 2.14. The van der Waals surface area contributed by atoms with Crippen molar-refractivity contribution < 1.29 is 22.8 Å². The Bertz CT molecular complexity index is 576. The summed E-state index contributed by atoms with van der Waals surface area (Å²) in [6.45, 7) is 0. The molecule has 0 spiro atoms. The zero-order valence-electron chi connectivity index (χ0n) is 8.23. The summed E-state index contributed by atoms with van der Waals surface area (Å²) in [6, 6.07) is 5.80. The standard InChI is InChI=1S/C9H6F3N3O2/c10-9(11,12)17-15-6-4-2-1-3-5(6)7(14-15)8(13)16/h1-4H,(H2,13,16). The van der Waals surface area contributed by atoms with Gasteiger partial charge in [0.1, 0.15) is 5.52 Å². The van der Waals surface area contributed by atoms with Gasteiger partial charge in [-0.2, -0.15) is 0 Å². The van der Waals surface area contributed by atoms with E-state index in [1.54, 1.807) is 6.07 Å². The number of para-hydroxylation sites is 1. The second-order valence-corrected chi connectivity index (χ2v) is 3.14. The van der Waals surface area contributed by atoms with Gasteiger partial charge in [0.15, 0.2) is 5.69 Å². The van der Waals surface area contributed by atoms with Gasteiger partial charge in [-0.15, -0.1) is 18.3 Å². The fraction of sp³-hybridized carbons (Fsp3) is 0.111. The number of hydrogen-bond acceptors (Lipinski definition) is 3. The molecule has 2 rings (SSSR count). The Hall–Kier alpha value is -2.25. The Balaban J connectivity index is 2.61. The molecule has 17 heavy (non-hydrogen) atoms. The molecule has 2 aromatic rings. The molecular formula is C9H6F3N3O2. The number of carbonyl (C=O) groups excluding carboxylic acids is 1. The van der Waals surface area contributed by atoms with E-state index in [-0.39, 0.29) is 21.4 Å². The average molecular weight is 245 g/mol. The molecule has 0 unspecified atom stereocenters. The molecule has 0 bridgehead atoms. The van der Waals surface area contributed by atoms with Gasteiger partial charge >= 0.3 is 6.36 Å². The summed E-state index contributed by atoms with van der Waals surface area (Å²) in [5, 5.41) is 3.57. The van der Waals surface area contributed by atoms with Crippen LogP contribution in [0.3, 0.4) is 0 Å². The van der Waals surface area contributed by atoms with Crippen LogP contribution in [0.1, 0.15) is 10.5 Å². The Kier molecular flexibility index (Phi) is 2.41. The van der Waals surface area contributed by atoms with Crippen molar-refractivity contribution in [3.63, 3.8) is 0 Å². The van der Waals surface area contributed by atoms with E-state index in [4.69, 9.17) is 5.73 Å². The van der Waals surface area contributed by atoms with E-state index in [9.17, 15) is 18.0 Å². The van der Waals surface area contributed by atoms with Crippen molar-refractivity contribution in [1.29, 1.82) is 0 Å². The molecule has 0 atom stereocenters. The molecule has 0 radical (unpaired) electrons. The minimum atomic E-state index is -4.90. The molecule has 1 amide bonds. The predicted octanol–water partition coefficient (Wildman–Crippen LogP) is 1.08. The minimum Gasteiger partial charge on any atom is -0.364 e. The highest BCUT2D eigenvalue weighted by molar-refractivity contribution is 6.03. The maximum atomic E-state index is 12.1. The summed E-state index contributed by atoms with van der Waals surface area (Å²) in [7, 11) is 0. The van der Waals surface area contributed by atoms with Crippen LogP contribution in [-0.4, -0.2) is 22.2 Å². The monoisotopic (exact) mass is 245 g/mol. The second-order valence-electron chi connectivity index (χ2n) is 3.14. The number of primary amides is 1. The second kappa shape index (κ2) is 3.65. The van der Waals surface area contributed by atoms with Gasteiger partial charge < -0.3 is 5.73 Å². The highest BCUT2D eigenvalue weighted by Crippen LogP contribution is 2.20. The Labute approximate surface area is 92.5 Å². The maximum absolute atomic E-state index is 12.1. The summed E-state index contributed by atoms with van der Waals surface area (Å²) < 4.78 is 36.2. The van der Waals surface area contributed by atoms with Crippen molar-refractivity contribution >= 4 is 16.8 Å². The topological polar surface area (TPSA) is 70.1 Å². The van der Waals surface area contributed by atoms with E-state index in [2.05, 4.69) is 9.94 Å². The molecule has 1 aromatic heterocycles. The van der Waals surface area contributed by atoms with Crippen LogP contribution in [0.4, 0.5) is 13.2 Å². The SMILES string of the molecule is NC(=O)c1nn(OC(F)(F)F)c2ccccc12. The molecule has 0 aliphatic carbocycles. The summed E-state index contributed by atoms with van der Waals surface area (Å²) >= 11 is 0. The fourth-order valence-electron chi connectivity index (χ4n) is 1.39. The minimum absolute atomic E-state index is 0.0126. The molecule has 1 aromatic carbocycles. The lowest BCUT2D eigenvalue weighted by Gasteiger charge is -2.07. The van der Waals surface area contributed by atoms with Crippen molar-refractivity contribution in [2.45, 2.75) is 6.36 Å². The van der Waals surface area contributed by atoms with Crippen LogP contribution in [0.25, 0.3) is 10.9 Å². The molecule has 90 valence electrons. The van der Waals surface area contributed by atoms with E-state index in [1.807, 2.05) is 0 Å². The van der Waals surface area contributed by atoms with Crippen LogP contribution in [0.5, 0.6) is 0 Å². The molecule has 0 aliphatic rings. The lowest BCUT2D eigenvalue weighted by molar-refractivity contribution is -0.326. The molecule has 8 heteroatoms. The first-order chi connectivity index (χ1) is 7.88. The van der Waals surface area contributed by atoms with Gasteiger partial charge in [-0.05, 0) is 6.07 Å². The first kappa shape index (κ1) is 11.2. The molecule has 0 aliphatic heterocycles. The Morgan fingerprint density at radius 1 is 1.35 bits per heavy atom. The van der Waals surface area contributed by atoms with E-state index in [1.165, 1.54) is 18.2 Å². The van der Waals surface area contributed by atoms with Crippen molar-refractivity contribution in [3.8, 4) is 0 Å². The summed E-state index contributed by atoms with van der Waals surface area (Å²) in [5.41, 5.74) is 4.74. The van der Waals surface area contributed by atoms with Crippen molar-refractivity contribution in [2.24, 2.45) is 5.73 Å². The number of carbonyl (C=O) groups is 1. The van der Waals surface area contributed by atoms with Gasteiger partial charge in [-0.25, -0.2) is 0 Å². The molecule has 2 N–H and O–H groups in total. The third-order valence-corrected chi connectivity index (χ3v) is 1.98. The van der Waals surface area contributed by atoms with Crippen LogP contribution < -0.4 is 10.6 Å². The lowest BCUT2D eigenvalue weighted by atomic mass is 10.2. The quantitative estimate of drug-likeness (QED) is 0.860. The average Bonchev–Trinajstić information content (AvgIpc) is 2.55. The summed E-state index contributed by atoms with van der Waals surface area (Å²) in [6.07, 6.45) is -4.90. The van der Waals surface area contributed by atoms with Crippen LogP contribution in [-0.2, 0) is 0 Å². The number of rotatable bonds is 2. The van der Waals surface area contributed by atoms with Gasteiger partial charge in [0, 0.05) is 5.39 Å². The number of nitrogens with two attached hydrogens (primary N) is 1. The van der Waals surface area contributed by atoms with Crippen LogP contribution in [0.15, 0.2) is 24.3 Å². The third-order valence-electron chi connectivity index (χ3n) is 1.98. The molecule has 5 nitrogen and oxygen atoms in total. The molecular weight excluding hydrogens is 239 g/mol. The number of benzene rings is 1. The van der Waals surface area contributed by atoms with Gasteiger partial charge in [-0.3, -0.25) is 9.63 Å². The molecule has 0 saturated heterocycles. The summed E-state index contributed by atoms with van der Waals surface area (Å²) in [5.74, 6) is -0.925. The molecule has 1 heterocycles. The van der Waals surface area contributed by atoms with Crippen LogP contribution in [0.2, 0.25) is 0 Å². The maximum Gasteiger partial charge on any atom is 0.593 e. The number of nitrogens with zero attached hydrogens (tertiary/aromatic N) is 2. The van der Waals surface area contributed by atoms with Gasteiger partial charge in [0.05, 0.1) is 0 Å². The first-order valence-corrected chi connectivity index (χ1v) is 4.42. The molecule has 0 fully saturated rings. The predicted molar refractivity (Wildman–Crippen MR) is 50.9 cm³/mol. The highest BCUT2D eigenvalue weighted by Gasteiger charge is 2.33. The van der Waals surface area contributed by atoms with Crippen LogP contribution >= 0.6 is 0 Å². The Morgan fingerprint density at radius 3 is 2.59 bits per heavy atom. The number of alkyl halides is 3. The number of hydrogen-bond donors (Lipinski definition) is 1. The van der Waals surface area contributed by atoms with Crippen LogP contribution in [0, 0.1) is 0 Å². The smallest absolute Gasteiger partial charge is 0.364 e. The number of aromatic nitrogens is 2. The number of amides is 1. The normalized spacial score (nSPS) is 11.7. The lowest BCUT2D eigenvalue weighted by Crippen LogP contribution is -2.28. The number of fused-ring (bicyclic) bond motifs is 1. The fourth-order valence-corrected chi connectivity index (χ4v) is 1.39. The zero-order valence-corrected chi connectivity index (χ0v) is 8.23. The zero-order chi connectivity index (χ0) is 12.6. The summed E-state index contributed by atoms with van der Waals surface area (Å²) in [4.78, 5) is 14.9. The van der Waals surface area contributed by atoms with E-state index in [0.717, 1.165) is 0 Å². The molecule has 0 saturated carbocycles. The van der Waals surface area contributed by atoms with E-state index >= 15 is 0 Å². The van der Waals surface area contributed by atoms with E-state index < -0.39 is 12.3 Å². The highest BCUT2D eigenvalue weighted by atomic mass is 19.4. The van der Waals surface area contributed by atoms with Crippen molar-refractivity contribution in [1.82, 2.24) is 9.94 Å². The van der Waals surface area contributed by atoms with Gasteiger partial charge in [0.2, 0.25) is 0 Å². The van der Waals surface area contributed by atoms with Crippen molar-refractivity contribution in [3.05, 3.63) is 30.0 Å². The number of halogens is 3. The van der Waals surface area contributed by atoms with E-state index in [0.29, 0.717) is 0 Å². The van der Waals surface area contributed by atoms with Gasteiger partial charge in [0.25, 0.3) is 5.91 Å².